The fourth-order valence-corrected chi connectivity index (χ4v) is 1.81. The zero-order valence-electron chi connectivity index (χ0n) is 8.58. The van der Waals surface area contributed by atoms with Gasteiger partial charge < -0.3 is 5.11 Å². The smallest absolute Gasteiger partial charge is 0.416 e. The molecule has 0 amide bonds. The van der Waals surface area contributed by atoms with Crippen LogP contribution in [0.2, 0.25) is 0 Å². The van der Waals surface area contributed by atoms with Crippen LogP contribution in [-0.2, 0) is 11.0 Å². The van der Waals surface area contributed by atoms with Gasteiger partial charge in [-0.3, -0.25) is 4.79 Å². The molecule has 0 radical (unpaired) electrons. The monoisotopic (exact) mass is 268 g/mol. The predicted octanol–water partition coefficient (Wildman–Crippen LogP) is 3.41. The minimum absolute atomic E-state index is 0.118. The van der Waals surface area contributed by atoms with Crippen LogP contribution >= 0.6 is 11.8 Å². The van der Waals surface area contributed by atoms with Crippen LogP contribution in [0.15, 0.2) is 23.1 Å². The van der Waals surface area contributed by atoms with Crippen LogP contribution in [-0.4, -0.2) is 16.3 Å². The molecule has 1 unspecified atom stereocenters. The lowest BCUT2D eigenvalue weighted by Gasteiger charge is -2.10. The van der Waals surface area contributed by atoms with Gasteiger partial charge in [0.25, 0.3) is 0 Å². The van der Waals surface area contributed by atoms with E-state index in [0.29, 0.717) is 17.8 Å². The summed E-state index contributed by atoms with van der Waals surface area (Å²) in [5.74, 6) is -2.23. The first-order valence-electron chi connectivity index (χ1n) is 4.48. The van der Waals surface area contributed by atoms with Crippen LogP contribution in [0.4, 0.5) is 17.6 Å². The van der Waals surface area contributed by atoms with Crippen molar-refractivity contribution in [3.05, 3.63) is 29.6 Å². The van der Waals surface area contributed by atoms with Crippen molar-refractivity contribution < 1.29 is 27.5 Å². The molecule has 0 heterocycles. The number of alkyl halides is 3. The summed E-state index contributed by atoms with van der Waals surface area (Å²) in [6.07, 6.45) is -4.61. The Balaban J connectivity index is 2.95. The Morgan fingerprint density at radius 2 is 2.00 bits per heavy atom. The standard InChI is InChI=1S/C10H8F4O2S/c1-5(9(15)16)17-8-3-2-6(4-7(8)11)10(12,13)14/h2-5H,1H3,(H,15,16). The van der Waals surface area contributed by atoms with E-state index < -0.39 is 28.8 Å². The number of carboxylic acid groups (broad SMARTS) is 1. The summed E-state index contributed by atoms with van der Waals surface area (Å²) in [5, 5.41) is 7.67. The molecule has 0 spiro atoms. The van der Waals surface area contributed by atoms with Gasteiger partial charge in [0.2, 0.25) is 0 Å². The highest BCUT2D eigenvalue weighted by atomic mass is 32.2. The number of thioether (sulfide) groups is 1. The molecular formula is C10H8F4O2S. The molecule has 0 aliphatic rings. The minimum atomic E-state index is -4.61. The summed E-state index contributed by atoms with van der Waals surface area (Å²) in [6.45, 7) is 1.32. The number of halogens is 4. The largest absolute Gasteiger partial charge is 0.480 e. The average molecular weight is 268 g/mol. The van der Waals surface area contributed by atoms with Crippen molar-refractivity contribution in [2.24, 2.45) is 0 Å². The van der Waals surface area contributed by atoms with Gasteiger partial charge in [-0.1, -0.05) is 0 Å². The third-order valence-electron chi connectivity index (χ3n) is 1.91. The second kappa shape index (κ2) is 4.95. The molecule has 0 saturated heterocycles. The van der Waals surface area contributed by atoms with Gasteiger partial charge in [-0.2, -0.15) is 13.2 Å². The molecule has 94 valence electrons. The number of aliphatic carboxylic acids is 1. The van der Waals surface area contributed by atoms with Crippen LogP contribution < -0.4 is 0 Å². The number of rotatable bonds is 3. The molecule has 0 aliphatic heterocycles. The molecule has 17 heavy (non-hydrogen) atoms. The van der Waals surface area contributed by atoms with E-state index in [-0.39, 0.29) is 4.90 Å². The molecule has 1 aromatic carbocycles. The van der Waals surface area contributed by atoms with E-state index in [2.05, 4.69) is 0 Å². The maximum Gasteiger partial charge on any atom is 0.416 e. The van der Waals surface area contributed by atoms with Crippen LogP contribution in [0.1, 0.15) is 12.5 Å². The summed E-state index contributed by atoms with van der Waals surface area (Å²) >= 11 is 0.656. The number of carboxylic acids is 1. The molecule has 7 heteroatoms. The SMILES string of the molecule is CC(Sc1ccc(C(F)(F)F)cc1F)C(=O)O. The Labute approximate surface area is 98.6 Å². The van der Waals surface area contributed by atoms with Crippen LogP contribution in [0.25, 0.3) is 0 Å². The lowest BCUT2D eigenvalue weighted by Crippen LogP contribution is -2.12. The van der Waals surface area contributed by atoms with Crippen molar-refractivity contribution in [2.45, 2.75) is 23.2 Å². The average Bonchev–Trinajstić information content (AvgIpc) is 2.19. The maximum absolute atomic E-state index is 13.3. The van der Waals surface area contributed by atoms with E-state index in [1.54, 1.807) is 0 Å². The molecule has 0 aliphatic carbocycles. The Morgan fingerprint density at radius 1 is 1.41 bits per heavy atom. The first-order valence-corrected chi connectivity index (χ1v) is 5.36. The third-order valence-corrected chi connectivity index (χ3v) is 3.05. The topological polar surface area (TPSA) is 37.3 Å². The van der Waals surface area contributed by atoms with Crippen molar-refractivity contribution in [2.75, 3.05) is 0 Å². The van der Waals surface area contributed by atoms with Crippen LogP contribution in [0.3, 0.4) is 0 Å². The highest BCUT2D eigenvalue weighted by molar-refractivity contribution is 8.00. The van der Waals surface area contributed by atoms with Gasteiger partial charge in [0.05, 0.1) is 5.56 Å². The van der Waals surface area contributed by atoms with Crippen molar-refractivity contribution in [1.29, 1.82) is 0 Å². The Bertz CT molecular complexity index is 431. The predicted molar refractivity (Wildman–Crippen MR) is 54.4 cm³/mol. The molecule has 0 fully saturated rings. The second-order valence-electron chi connectivity index (χ2n) is 3.24. The zero-order valence-corrected chi connectivity index (χ0v) is 9.40. The van der Waals surface area contributed by atoms with Crippen molar-refractivity contribution >= 4 is 17.7 Å². The van der Waals surface area contributed by atoms with Crippen molar-refractivity contribution in [3.63, 3.8) is 0 Å². The summed E-state index contributed by atoms with van der Waals surface area (Å²) < 4.78 is 50.0. The van der Waals surface area contributed by atoms with E-state index in [1.165, 1.54) is 6.92 Å². The molecule has 1 aromatic rings. The summed E-state index contributed by atoms with van der Waals surface area (Å²) in [4.78, 5) is 10.4. The molecule has 0 bridgehead atoms. The van der Waals surface area contributed by atoms with Crippen LogP contribution in [0.5, 0.6) is 0 Å². The van der Waals surface area contributed by atoms with Gasteiger partial charge in [-0.15, -0.1) is 11.8 Å². The maximum atomic E-state index is 13.3. The quantitative estimate of drug-likeness (QED) is 0.674. The molecule has 0 saturated carbocycles. The highest BCUT2D eigenvalue weighted by Gasteiger charge is 2.31. The summed E-state index contributed by atoms with van der Waals surface area (Å²) in [7, 11) is 0. The molecule has 2 nitrogen and oxygen atoms in total. The van der Waals surface area contributed by atoms with E-state index in [9.17, 15) is 22.4 Å². The Morgan fingerprint density at radius 3 is 2.41 bits per heavy atom. The second-order valence-corrected chi connectivity index (χ2v) is 4.62. The molecule has 1 N–H and O–H groups in total. The molecule has 1 atom stereocenters. The summed E-state index contributed by atoms with van der Waals surface area (Å²) in [5.41, 5.74) is -1.10. The van der Waals surface area contributed by atoms with Gasteiger partial charge in [0.15, 0.2) is 0 Å². The summed E-state index contributed by atoms with van der Waals surface area (Å²) in [6, 6.07) is 2.01. The van der Waals surface area contributed by atoms with Gasteiger partial charge in [0, 0.05) is 4.90 Å². The number of carbonyl (C=O) groups is 1. The Kier molecular flexibility index (Phi) is 4.03. The van der Waals surface area contributed by atoms with E-state index >= 15 is 0 Å². The first-order chi connectivity index (χ1) is 7.71. The molecule has 0 aromatic heterocycles. The van der Waals surface area contributed by atoms with Gasteiger partial charge in [-0.25, -0.2) is 4.39 Å². The third kappa shape index (κ3) is 3.62. The van der Waals surface area contributed by atoms with E-state index in [1.807, 2.05) is 0 Å². The number of hydrogen-bond donors (Lipinski definition) is 1. The van der Waals surface area contributed by atoms with Gasteiger partial charge in [-0.05, 0) is 25.1 Å². The fourth-order valence-electron chi connectivity index (χ4n) is 1.01. The van der Waals surface area contributed by atoms with Gasteiger partial charge >= 0.3 is 12.1 Å². The fraction of sp³-hybridized carbons (Fsp3) is 0.300. The van der Waals surface area contributed by atoms with Crippen molar-refractivity contribution in [3.8, 4) is 0 Å². The molecular weight excluding hydrogens is 260 g/mol. The van der Waals surface area contributed by atoms with Crippen molar-refractivity contribution in [1.82, 2.24) is 0 Å². The normalized spacial score (nSPS) is 13.5. The lowest BCUT2D eigenvalue weighted by molar-refractivity contribution is -0.138. The van der Waals surface area contributed by atoms with E-state index in [4.69, 9.17) is 5.11 Å². The Hall–Kier alpha value is -1.24. The highest BCUT2D eigenvalue weighted by Crippen LogP contribution is 2.33. The molecule has 1 rings (SSSR count). The lowest BCUT2D eigenvalue weighted by atomic mass is 10.2. The van der Waals surface area contributed by atoms with Crippen LogP contribution in [0, 0.1) is 5.82 Å². The van der Waals surface area contributed by atoms with E-state index in [0.717, 1.165) is 12.1 Å². The van der Waals surface area contributed by atoms with Gasteiger partial charge in [0.1, 0.15) is 11.1 Å². The first kappa shape index (κ1) is 13.8. The zero-order chi connectivity index (χ0) is 13.2. The minimum Gasteiger partial charge on any atom is -0.480 e. The number of benzene rings is 1. The number of hydrogen-bond acceptors (Lipinski definition) is 2.